The maximum absolute atomic E-state index is 12.5. The van der Waals surface area contributed by atoms with E-state index in [0.29, 0.717) is 12.8 Å². The van der Waals surface area contributed by atoms with E-state index < -0.39 is 23.9 Å². The number of fused-ring (bicyclic) bond motifs is 2. The van der Waals surface area contributed by atoms with E-state index >= 15 is 0 Å². The van der Waals surface area contributed by atoms with Crippen LogP contribution in [-0.4, -0.2) is 45.7 Å². The zero-order valence-corrected chi connectivity index (χ0v) is 14.6. The van der Waals surface area contributed by atoms with E-state index in [1.54, 1.807) is 6.92 Å². The number of rotatable bonds is 0. The number of esters is 1. The largest absolute Gasteiger partial charge is 0.507 e. The molecule has 1 aromatic rings. The maximum atomic E-state index is 12.5. The lowest BCUT2D eigenvalue weighted by atomic mass is 9.98. The molecule has 0 bridgehead atoms. The lowest BCUT2D eigenvalue weighted by Gasteiger charge is -2.18. The topological polar surface area (TPSA) is 99.5 Å². The Balaban J connectivity index is 1.95. The van der Waals surface area contributed by atoms with Gasteiger partial charge in [0.15, 0.2) is 0 Å². The van der Waals surface area contributed by atoms with Gasteiger partial charge in [0, 0.05) is 18.9 Å². The summed E-state index contributed by atoms with van der Waals surface area (Å²) in [6, 6.07) is 1.00. The lowest BCUT2D eigenvalue weighted by molar-refractivity contribution is 0.0305. The Labute approximate surface area is 150 Å². The number of aliphatic hydroxyl groups excluding tert-OH is 1. The number of hydrogen-bond donors (Lipinski definition) is 3. The summed E-state index contributed by atoms with van der Waals surface area (Å²) in [5.41, 5.74) is 0.0536. The van der Waals surface area contributed by atoms with Gasteiger partial charge in [-0.15, -0.1) is 0 Å². The smallest absolute Gasteiger partial charge is 0.342 e. The van der Waals surface area contributed by atoms with Gasteiger partial charge in [-0.3, -0.25) is 0 Å². The first-order chi connectivity index (χ1) is 11.9. The van der Waals surface area contributed by atoms with Crippen LogP contribution in [0, 0.1) is 0 Å². The molecule has 3 N–H and O–H groups in total. The minimum Gasteiger partial charge on any atom is -0.507 e. The fraction of sp³-hybridized carbons (Fsp3) is 0.500. The van der Waals surface area contributed by atoms with Crippen molar-refractivity contribution in [1.82, 2.24) is 0 Å². The van der Waals surface area contributed by atoms with Crippen LogP contribution in [0.1, 0.15) is 42.1 Å². The number of phenols is 2. The van der Waals surface area contributed by atoms with Crippen molar-refractivity contribution in [3.8, 4) is 11.5 Å². The number of aromatic hydroxyl groups is 2. The van der Waals surface area contributed by atoms with Crippen LogP contribution < -0.4 is 0 Å². The minimum absolute atomic E-state index is 0.00645. The van der Waals surface area contributed by atoms with Crippen LogP contribution in [0.3, 0.4) is 0 Å². The van der Waals surface area contributed by atoms with Crippen molar-refractivity contribution in [1.29, 1.82) is 0 Å². The summed E-state index contributed by atoms with van der Waals surface area (Å²) in [6.07, 6.45) is 4.41. The molecule has 1 saturated heterocycles. The molecule has 2 aliphatic rings. The lowest BCUT2D eigenvalue weighted by Crippen LogP contribution is -2.20. The molecule has 3 rings (SSSR count). The normalized spacial score (nSPS) is 31.2. The van der Waals surface area contributed by atoms with Crippen molar-refractivity contribution < 1.29 is 29.6 Å². The number of carbonyl (C=O) groups is 1. The first-order valence-corrected chi connectivity index (χ1v) is 8.67. The quantitative estimate of drug-likeness (QED) is 0.370. The average Bonchev–Trinajstić information content (AvgIpc) is 3.25. The van der Waals surface area contributed by atoms with Crippen molar-refractivity contribution in [2.75, 3.05) is 0 Å². The number of halogens is 1. The zero-order chi connectivity index (χ0) is 18.1. The van der Waals surface area contributed by atoms with Gasteiger partial charge in [-0.1, -0.05) is 23.8 Å². The summed E-state index contributed by atoms with van der Waals surface area (Å²) < 4.78 is 11.0. The van der Waals surface area contributed by atoms with Gasteiger partial charge >= 0.3 is 5.97 Å². The molecule has 4 atom stereocenters. The zero-order valence-electron chi connectivity index (χ0n) is 13.8. The Morgan fingerprint density at radius 1 is 1.16 bits per heavy atom. The van der Waals surface area contributed by atoms with Crippen LogP contribution in [-0.2, 0) is 15.9 Å². The molecule has 6 nitrogen and oxygen atoms in total. The molecular weight excluding hydrogens is 348 g/mol. The predicted octanol–water partition coefficient (Wildman–Crippen LogP) is 2.71. The Kier molecular flexibility index (Phi) is 5.22. The second-order valence-electron chi connectivity index (χ2n) is 6.55. The SMILES string of the molecule is C[C@@H]1C[C@@H]2O[C@H]2C/C=C/C[C@@H](O)Cc2c(Cl)c(O)cc(O)c2C(=O)O1. The molecule has 0 amide bonds. The second kappa shape index (κ2) is 7.23. The highest BCUT2D eigenvalue weighted by atomic mass is 35.5. The Morgan fingerprint density at radius 3 is 2.64 bits per heavy atom. The number of benzene rings is 1. The maximum Gasteiger partial charge on any atom is 0.342 e. The molecule has 0 aliphatic carbocycles. The fourth-order valence-corrected chi connectivity index (χ4v) is 3.34. The molecule has 0 unspecified atom stereocenters. The van der Waals surface area contributed by atoms with Crippen LogP contribution in [0.4, 0.5) is 0 Å². The molecule has 0 radical (unpaired) electrons. The van der Waals surface area contributed by atoms with Gasteiger partial charge in [-0.05, 0) is 25.3 Å². The molecule has 2 heterocycles. The van der Waals surface area contributed by atoms with Gasteiger partial charge in [0.05, 0.1) is 23.3 Å². The number of cyclic esters (lactones) is 1. The van der Waals surface area contributed by atoms with E-state index in [1.807, 2.05) is 12.2 Å². The molecule has 2 aliphatic heterocycles. The van der Waals surface area contributed by atoms with E-state index in [2.05, 4.69) is 0 Å². The van der Waals surface area contributed by atoms with Gasteiger partial charge < -0.3 is 24.8 Å². The molecule has 0 aromatic heterocycles. The molecule has 0 spiro atoms. The van der Waals surface area contributed by atoms with Crippen molar-refractivity contribution in [3.63, 3.8) is 0 Å². The van der Waals surface area contributed by atoms with E-state index in [1.165, 1.54) is 0 Å². The third-order valence-electron chi connectivity index (χ3n) is 4.47. The van der Waals surface area contributed by atoms with E-state index in [0.717, 1.165) is 12.5 Å². The van der Waals surface area contributed by atoms with Gasteiger partial charge in [0.25, 0.3) is 0 Å². The van der Waals surface area contributed by atoms with Crippen LogP contribution in [0.5, 0.6) is 11.5 Å². The molecule has 7 heteroatoms. The van der Waals surface area contributed by atoms with Crippen LogP contribution in [0.15, 0.2) is 18.2 Å². The number of aliphatic hydroxyl groups is 1. The predicted molar refractivity (Wildman–Crippen MR) is 91.0 cm³/mol. The highest BCUT2D eigenvalue weighted by Gasteiger charge is 2.39. The first kappa shape index (κ1) is 18.0. The minimum atomic E-state index is -0.821. The van der Waals surface area contributed by atoms with E-state index in [4.69, 9.17) is 21.1 Å². The van der Waals surface area contributed by atoms with E-state index in [-0.39, 0.29) is 40.5 Å². The molecule has 136 valence electrons. The number of phenolic OH excluding ortho intramolecular Hbond substituents is 2. The summed E-state index contributed by atoms with van der Waals surface area (Å²) in [6.45, 7) is 1.76. The van der Waals surface area contributed by atoms with Crippen molar-refractivity contribution in [3.05, 3.63) is 34.4 Å². The van der Waals surface area contributed by atoms with Gasteiger partial charge in [-0.2, -0.15) is 0 Å². The summed E-state index contributed by atoms with van der Waals surface area (Å²) in [4.78, 5) is 12.5. The van der Waals surface area contributed by atoms with Crippen molar-refractivity contribution in [2.24, 2.45) is 0 Å². The first-order valence-electron chi connectivity index (χ1n) is 8.29. The molecule has 25 heavy (non-hydrogen) atoms. The number of hydrogen-bond acceptors (Lipinski definition) is 6. The Hall–Kier alpha value is -1.76. The summed E-state index contributed by atoms with van der Waals surface area (Å²) in [7, 11) is 0. The van der Waals surface area contributed by atoms with Gasteiger partial charge in [0.2, 0.25) is 0 Å². The van der Waals surface area contributed by atoms with E-state index in [9.17, 15) is 20.1 Å². The molecule has 1 fully saturated rings. The highest BCUT2D eigenvalue weighted by molar-refractivity contribution is 6.33. The van der Waals surface area contributed by atoms with Gasteiger partial charge in [-0.25, -0.2) is 4.79 Å². The second-order valence-corrected chi connectivity index (χ2v) is 6.93. The van der Waals surface area contributed by atoms with Crippen LogP contribution >= 0.6 is 11.6 Å². The Bertz CT molecular complexity index is 701. The fourth-order valence-electron chi connectivity index (χ4n) is 3.12. The average molecular weight is 369 g/mol. The molecule has 1 aromatic carbocycles. The van der Waals surface area contributed by atoms with Gasteiger partial charge in [0.1, 0.15) is 23.2 Å². The van der Waals surface area contributed by atoms with Crippen molar-refractivity contribution >= 4 is 17.6 Å². The van der Waals surface area contributed by atoms with Crippen molar-refractivity contribution in [2.45, 2.75) is 57.0 Å². The monoisotopic (exact) mass is 368 g/mol. The molecular formula is C18H21ClO6. The summed E-state index contributed by atoms with van der Waals surface area (Å²) in [5.74, 6) is -1.51. The Morgan fingerprint density at radius 2 is 1.88 bits per heavy atom. The standard InChI is InChI=1S/C18H21ClO6/c1-9-6-15-14(25-15)5-3-2-4-10(20)7-11-16(18(23)24-9)12(21)8-13(22)17(11)19/h2-3,8-10,14-15,20-22H,4-7H2,1H3/b3-2+/t9-,10-,14+,15+/m1/s1. The number of carbonyl (C=O) groups excluding carboxylic acids is 1. The molecule has 0 saturated carbocycles. The van der Waals surface area contributed by atoms with Crippen LogP contribution in [0.2, 0.25) is 5.02 Å². The van der Waals surface area contributed by atoms with Crippen LogP contribution in [0.25, 0.3) is 0 Å². The third kappa shape index (κ3) is 4.08. The number of ether oxygens (including phenoxy) is 2. The summed E-state index contributed by atoms with van der Waals surface area (Å²) >= 11 is 6.11. The number of epoxide rings is 1. The third-order valence-corrected chi connectivity index (χ3v) is 4.89. The highest BCUT2D eigenvalue weighted by Crippen LogP contribution is 2.38. The summed E-state index contributed by atoms with van der Waals surface area (Å²) in [5, 5.41) is 30.1.